The highest BCUT2D eigenvalue weighted by Crippen LogP contribution is 2.34. The van der Waals surface area contributed by atoms with Crippen LogP contribution < -0.4 is 10.2 Å². The average molecular weight is 283 g/mol. The Morgan fingerprint density at radius 3 is 2.76 bits per heavy atom. The van der Waals surface area contributed by atoms with E-state index in [2.05, 4.69) is 12.2 Å². The van der Waals surface area contributed by atoms with Gasteiger partial charge in [0, 0.05) is 18.5 Å². The first kappa shape index (κ1) is 13.5. The second-order valence-electron chi connectivity index (χ2n) is 5.11. The molecule has 0 fully saturated rings. The van der Waals surface area contributed by atoms with Crippen LogP contribution in [0.25, 0.3) is 16.5 Å². The number of aryl methyl sites for hydroxylation is 1. The molecule has 0 spiro atoms. The van der Waals surface area contributed by atoms with Crippen LogP contribution in [0.2, 0.25) is 0 Å². The van der Waals surface area contributed by atoms with Gasteiger partial charge >= 0.3 is 0 Å². The lowest BCUT2D eigenvalue weighted by Crippen LogP contribution is -2.12. The molecule has 108 valence electrons. The second-order valence-corrected chi connectivity index (χ2v) is 5.11. The fraction of sp³-hybridized carbons (Fsp3) is 0.235. The van der Waals surface area contributed by atoms with Gasteiger partial charge in [0.15, 0.2) is 16.9 Å². The largest absolute Gasteiger partial charge is 0.504 e. The second kappa shape index (κ2) is 5.13. The number of aromatic nitrogens is 1. The van der Waals surface area contributed by atoms with Gasteiger partial charge in [-0.1, -0.05) is 18.2 Å². The molecule has 3 rings (SSSR count). The van der Waals surface area contributed by atoms with Crippen molar-refractivity contribution in [1.82, 2.24) is 4.57 Å². The number of ether oxygens (including phenoxy) is 1. The molecule has 21 heavy (non-hydrogen) atoms. The smallest absolute Gasteiger partial charge is 0.190 e. The molecule has 4 heteroatoms. The van der Waals surface area contributed by atoms with Crippen molar-refractivity contribution in [2.24, 2.45) is 7.05 Å². The van der Waals surface area contributed by atoms with Gasteiger partial charge in [-0.3, -0.25) is 4.79 Å². The monoisotopic (exact) mass is 283 g/mol. The van der Waals surface area contributed by atoms with Crippen LogP contribution in [-0.4, -0.2) is 16.8 Å². The minimum atomic E-state index is -0.0729. The quantitative estimate of drug-likeness (QED) is 0.921. The zero-order valence-corrected chi connectivity index (χ0v) is 12.1. The standard InChI is InChI=1S/C17H17NO3/c1-18-13(11-6-4-3-5-7-11)10-15(20)12-8-9-14(19)17(21-2)16(12)18/h4,6-10,19H,3,5H2,1-2H3. The molecule has 2 aromatic rings. The molecule has 0 aliphatic heterocycles. The Kier molecular flexibility index (Phi) is 3.29. The van der Waals surface area contributed by atoms with E-state index in [0.717, 1.165) is 24.1 Å². The van der Waals surface area contributed by atoms with E-state index in [-0.39, 0.29) is 11.2 Å². The summed E-state index contributed by atoms with van der Waals surface area (Å²) in [4.78, 5) is 12.4. The van der Waals surface area contributed by atoms with Crippen LogP contribution in [-0.2, 0) is 7.05 Å². The molecule has 1 aliphatic carbocycles. The third-order valence-electron chi connectivity index (χ3n) is 3.84. The van der Waals surface area contributed by atoms with E-state index in [4.69, 9.17) is 4.74 Å². The highest BCUT2D eigenvalue weighted by atomic mass is 16.5. The molecule has 0 atom stereocenters. The zero-order valence-electron chi connectivity index (χ0n) is 12.1. The summed E-state index contributed by atoms with van der Waals surface area (Å²) in [6, 6.07) is 4.76. The number of phenols is 1. The van der Waals surface area contributed by atoms with Crippen LogP contribution in [0.15, 0.2) is 41.2 Å². The van der Waals surface area contributed by atoms with Crippen LogP contribution in [0.5, 0.6) is 11.5 Å². The first-order chi connectivity index (χ1) is 10.1. The molecule has 1 N–H and O–H groups in total. The summed E-state index contributed by atoms with van der Waals surface area (Å²) in [5, 5.41) is 10.5. The number of phenolic OH excluding ortho intramolecular Hbond substituents is 1. The number of methoxy groups -OCH3 is 1. The number of benzene rings is 1. The average Bonchev–Trinajstić information content (AvgIpc) is 2.51. The number of aromatic hydroxyl groups is 1. The normalized spacial score (nSPS) is 14.3. The van der Waals surface area contributed by atoms with Crippen molar-refractivity contribution in [3.63, 3.8) is 0 Å². The Hall–Kier alpha value is -2.49. The van der Waals surface area contributed by atoms with Crippen LogP contribution in [0.1, 0.15) is 18.5 Å². The Labute approximate surface area is 122 Å². The van der Waals surface area contributed by atoms with Gasteiger partial charge in [0.25, 0.3) is 0 Å². The number of nitrogens with zero attached hydrogens (tertiary/aromatic N) is 1. The van der Waals surface area contributed by atoms with Crippen molar-refractivity contribution in [3.8, 4) is 11.5 Å². The van der Waals surface area contributed by atoms with Crippen LogP contribution in [0, 0.1) is 0 Å². The molecule has 0 amide bonds. The van der Waals surface area contributed by atoms with Crippen LogP contribution in [0.4, 0.5) is 0 Å². The molecule has 4 nitrogen and oxygen atoms in total. The number of hydrogen-bond donors (Lipinski definition) is 1. The highest BCUT2D eigenvalue weighted by Gasteiger charge is 2.16. The first-order valence-electron chi connectivity index (χ1n) is 6.90. The fourth-order valence-electron chi connectivity index (χ4n) is 2.79. The van der Waals surface area contributed by atoms with E-state index in [0.29, 0.717) is 16.7 Å². The summed E-state index contributed by atoms with van der Waals surface area (Å²) >= 11 is 0. The van der Waals surface area contributed by atoms with Crippen molar-refractivity contribution in [3.05, 3.63) is 52.3 Å². The number of allylic oxidation sites excluding steroid dienone is 4. The minimum Gasteiger partial charge on any atom is -0.504 e. The summed E-state index contributed by atoms with van der Waals surface area (Å²) in [5.41, 5.74) is 2.39. The number of rotatable bonds is 2. The Morgan fingerprint density at radius 1 is 1.29 bits per heavy atom. The first-order valence-corrected chi connectivity index (χ1v) is 6.90. The van der Waals surface area contributed by atoms with E-state index in [1.807, 2.05) is 17.7 Å². The SMILES string of the molecule is COc1c(O)ccc2c(=O)cc(C3=CCCC=C3)n(C)c12. The van der Waals surface area contributed by atoms with Gasteiger partial charge < -0.3 is 14.4 Å². The third-order valence-corrected chi connectivity index (χ3v) is 3.84. The predicted octanol–water partition coefficient (Wildman–Crippen LogP) is 2.99. The lowest BCUT2D eigenvalue weighted by atomic mass is 10.0. The zero-order chi connectivity index (χ0) is 15.0. The Morgan fingerprint density at radius 2 is 2.10 bits per heavy atom. The lowest BCUT2D eigenvalue weighted by molar-refractivity contribution is 0.376. The van der Waals surface area contributed by atoms with Gasteiger partial charge in [0.05, 0.1) is 18.3 Å². The number of hydrogen-bond acceptors (Lipinski definition) is 3. The molecule has 1 aromatic carbocycles. The van der Waals surface area contributed by atoms with E-state index >= 15 is 0 Å². The summed E-state index contributed by atoms with van der Waals surface area (Å²) in [7, 11) is 3.37. The van der Waals surface area contributed by atoms with Gasteiger partial charge in [-0.15, -0.1) is 0 Å². The van der Waals surface area contributed by atoms with E-state index in [1.165, 1.54) is 13.2 Å². The molecule has 0 saturated carbocycles. The molecule has 1 aromatic heterocycles. The molecular formula is C17H17NO3. The lowest BCUT2D eigenvalue weighted by Gasteiger charge is -2.17. The summed E-state index contributed by atoms with van der Waals surface area (Å²) in [6.45, 7) is 0. The summed E-state index contributed by atoms with van der Waals surface area (Å²) in [6.07, 6.45) is 8.24. The van der Waals surface area contributed by atoms with Crippen molar-refractivity contribution in [2.75, 3.05) is 7.11 Å². The molecule has 0 unspecified atom stereocenters. The van der Waals surface area contributed by atoms with Gasteiger partial charge in [-0.25, -0.2) is 0 Å². The summed E-state index contributed by atoms with van der Waals surface area (Å²) in [5.74, 6) is 0.361. The number of fused-ring (bicyclic) bond motifs is 1. The maximum absolute atomic E-state index is 12.4. The van der Waals surface area contributed by atoms with Crippen LogP contribution >= 0.6 is 0 Å². The maximum atomic E-state index is 12.4. The van der Waals surface area contributed by atoms with E-state index < -0.39 is 0 Å². The molecular weight excluding hydrogens is 266 g/mol. The topological polar surface area (TPSA) is 51.5 Å². The van der Waals surface area contributed by atoms with Crippen LogP contribution in [0.3, 0.4) is 0 Å². The molecule has 1 heterocycles. The van der Waals surface area contributed by atoms with Gasteiger partial charge in [-0.05, 0) is 30.5 Å². The molecule has 0 bridgehead atoms. The van der Waals surface area contributed by atoms with Gasteiger partial charge in [0.2, 0.25) is 0 Å². The van der Waals surface area contributed by atoms with Crippen molar-refractivity contribution >= 4 is 16.5 Å². The fourth-order valence-corrected chi connectivity index (χ4v) is 2.79. The molecule has 0 saturated heterocycles. The Bertz CT molecular complexity index is 828. The van der Waals surface area contributed by atoms with Crippen molar-refractivity contribution in [1.29, 1.82) is 0 Å². The van der Waals surface area contributed by atoms with Gasteiger partial charge in [-0.2, -0.15) is 0 Å². The highest BCUT2D eigenvalue weighted by molar-refractivity contribution is 5.90. The summed E-state index contributed by atoms with van der Waals surface area (Å²) < 4.78 is 7.19. The van der Waals surface area contributed by atoms with E-state index in [1.54, 1.807) is 12.1 Å². The third kappa shape index (κ3) is 2.13. The molecule has 0 radical (unpaired) electrons. The van der Waals surface area contributed by atoms with E-state index in [9.17, 15) is 9.90 Å². The predicted molar refractivity (Wildman–Crippen MR) is 83.8 cm³/mol. The number of pyridine rings is 1. The van der Waals surface area contributed by atoms with Gasteiger partial charge in [0.1, 0.15) is 0 Å². The van der Waals surface area contributed by atoms with Crippen molar-refractivity contribution < 1.29 is 9.84 Å². The van der Waals surface area contributed by atoms with Crippen molar-refractivity contribution in [2.45, 2.75) is 12.8 Å². The maximum Gasteiger partial charge on any atom is 0.190 e. The molecule has 1 aliphatic rings. The Balaban J connectivity index is 2.39. The minimum absolute atomic E-state index is 0.0327.